The highest BCUT2D eigenvalue weighted by Crippen LogP contribution is 2.15. The Morgan fingerprint density at radius 3 is 1.44 bits per heavy atom. The molecule has 0 aromatic carbocycles. The third-order valence-electron chi connectivity index (χ3n) is 9.91. The maximum atomic E-state index is 12.7. The van der Waals surface area contributed by atoms with Gasteiger partial charge in [-0.05, 0) is 32.1 Å². The van der Waals surface area contributed by atoms with Crippen LogP contribution in [0.4, 0.5) is 0 Å². The van der Waals surface area contributed by atoms with Crippen molar-refractivity contribution in [1.29, 1.82) is 0 Å². The number of likely N-dealkylation sites (N-methyl/N-ethyl adjacent to an activating group) is 1. The molecule has 8 heteroatoms. The van der Waals surface area contributed by atoms with Crippen LogP contribution in [0.25, 0.3) is 0 Å². The first-order valence-electron chi connectivity index (χ1n) is 21.7. The minimum Gasteiger partial charge on any atom is -0.477 e. The molecule has 0 aliphatic carbocycles. The summed E-state index contributed by atoms with van der Waals surface area (Å²) in [5.74, 6) is -1.47. The molecule has 0 aliphatic rings. The van der Waals surface area contributed by atoms with Crippen molar-refractivity contribution in [3.63, 3.8) is 0 Å². The molecule has 8 nitrogen and oxygen atoms in total. The Morgan fingerprint density at radius 2 is 0.981 bits per heavy atom. The molecule has 0 aromatic rings. The number of allylic oxidation sites excluding steroid dienone is 2. The number of esters is 2. The van der Waals surface area contributed by atoms with Crippen molar-refractivity contribution >= 4 is 17.9 Å². The number of unbranched alkanes of at least 4 members (excludes halogenated alkanes) is 23. The fraction of sp³-hybridized carbons (Fsp3) is 0.886. The molecule has 0 spiro atoms. The maximum Gasteiger partial charge on any atom is 0.362 e. The highest BCUT2D eigenvalue weighted by Gasteiger charge is 2.31. The molecule has 0 heterocycles. The maximum absolute atomic E-state index is 12.7. The molecule has 306 valence electrons. The summed E-state index contributed by atoms with van der Waals surface area (Å²) >= 11 is 0. The molecule has 0 aliphatic heterocycles. The first-order valence-corrected chi connectivity index (χ1v) is 21.7. The predicted molar refractivity (Wildman–Crippen MR) is 215 cm³/mol. The molecule has 0 rings (SSSR count). The van der Waals surface area contributed by atoms with E-state index in [4.69, 9.17) is 14.2 Å². The topological polar surface area (TPSA) is 99.1 Å². The molecule has 0 saturated heterocycles. The summed E-state index contributed by atoms with van der Waals surface area (Å²) in [6.45, 7) is 4.71. The number of carboxylic acid groups (broad SMARTS) is 1. The van der Waals surface area contributed by atoms with Crippen LogP contribution in [0, 0.1) is 0 Å². The summed E-state index contributed by atoms with van der Waals surface area (Å²) in [5, 5.41) is 9.60. The van der Waals surface area contributed by atoms with E-state index in [0.717, 1.165) is 44.9 Å². The van der Waals surface area contributed by atoms with E-state index in [9.17, 15) is 19.5 Å². The van der Waals surface area contributed by atoms with Crippen molar-refractivity contribution < 1.29 is 38.2 Å². The van der Waals surface area contributed by atoms with E-state index in [1.165, 1.54) is 122 Å². The Morgan fingerprint density at radius 1 is 0.558 bits per heavy atom. The minimum atomic E-state index is -0.874. The lowest BCUT2D eigenvalue weighted by Gasteiger charge is -2.31. The molecule has 0 amide bonds. The number of carbonyl (C=O) groups excluding carboxylic acids is 2. The normalized spacial score (nSPS) is 13.0. The highest BCUT2D eigenvalue weighted by atomic mass is 16.6. The summed E-state index contributed by atoms with van der Waals surface area (Å²) < 4.78 is 17.3. The van der Waals surface area contributed by atoms with E-state index < -0.39 is 18.1 Å². The van der Waals surface area contributed by atoms with Crippen molar-refractivity contribution in [3.8, 4) is 0 Å². The van der Waals surface area contributed by atoms with Gasteiger partial charge in [0.05, 0.1) is 34.4 Å². The summed E-state index contributed by atoms with van der Waals surface area (Å²) in [4.78, 5) is 36.9. The number of hydrogen-bond acceptors (Lipinski definition) is 6. The molecule has 1 N–H and O–H groups in total. The number of aliphatic carboxylic acids is 1. The van der Waals surface area contributed by atoms with E-state index >= 15 is 0 Å². The Hall–Kier alpha value is -1.93. The van der Waals surface area contributed by atoms with Crippen molar-refractivity contribution in [2.75, 3.05) is 41.0 Å². The van der Waals surface area contributed by atoms with Gasteiger partial charge in [-0.3, -0.25) is 9.59 Å². The molecule has 2 atom stereocenters. The molecule has 0 radical (unpaired) electrons. The summed E-state index contributed by atoms with van der Waals surface area (Å²) in [6.07, 6.45) is 36.8. The van der Waals surface area contributed by atoms with Crippen LogP contribution in [0.5, 0.6) is 0 Å². The van der Waals surface area contributed by atoms with E-state index in [2.05, 4.69) is 26.0 Å². The fourth-order valence-electron chi connectivity index (χ4n) is 6.48. The SMILES string of the molecule is CCCC/C=C/CCCCCCCC(=O)OCC(COCCC(C(=O)O)[N+](C)(C)C)OC(=O)CCCCCCCCCCCCCCCCCCC. The summed E-state index contributed by atoms with van der Waals surface area (Å²) in [7, 11) is 5.53. The molecule has 0 saturated carbocycles. The van der Waals surface area contributed by atoms with Gasteiger partial charge in [-0.1, -0.05) is 161 Å². The van der Waals surface area contributed by atoms with Crippen LogP contribution in [0.3, 0.4) is 0 Å². The largest absolute Gasteiger partial charge is 0.477 e. The predicted octanol–water partition coefficient (Wildman–Crippen LogP) is 11.5. The van der Waals surface area contributed by atoms with E-state index in [0.29, 0.717) is 19.3 Å². The van der Waals surface area contributed by atoms with Crippen molar-refractivity contribution in [1.82, 2.24) is 0 Å². The second kappa shape index (κ2) is 36.1. The molecule has 0 aromatic heterocycles. The second-order valence-corrected chi connectivity index (χ2v) is 16.0. The van der Waals surface area contributed by atoms with E-state index in [-0.39, 0.29) is 36.2 Å². The zero-order valence-corrected chi connectivity index (χ0v) is 34.8. The van der Waals surface area contributed by atoms with Crippen molar-refractivity contribution in [2.24, 2.45) is 0 Å². The standard InChI is InChI=1S/C44H83NO7/c1-6-8-10-12-14-16-18-19-20-21-22-23-25-27-29-31-33-35-43(47)52-40(38-50-37-36-41(44(48)49)45(3,4)5)39-51-42(46)34-32-30-28-26-24-17-15-13-11-9-7-2/h13,15,40-41H,6-12,14,16-39H2,1-5H3/p+1/b15-13+. The van der Waals surface area contributed by atoms with Gasteiger partial charge in [0.1, 0.15) is 6.61 Å². The van der Waals surface area contributed by atoms with Gasteiger partial charge in [-0.15, -0.1) is 0 Å². The van der Waals surface area contributed by atoms with Crippen LogP contribution in [0.1, 0.15) is 200 Å². The van der Waals surface area contributed by atoms with Gasteiger partial charge in [-0.25, -0.2) is 4.79 Å². The van der Waals surface area contributed by atoms with Crippen LogP contribution in [0.15, 0.2) is 12.2 Å². The lowest BCUT2D eigenvalue weighted by molar-refractivity contribution is -0.887. The smallest absolute Gasteiger partial charge is 0.362 e. The molecule has 0 bridgehead atoms. The molecule has 52 heavy (non-hydrogen) atoms. The zero-order valence-electron chi connectivity index (χ0n) is 34.8. The van der Waals surface area contributed by atoms with Crippen LogP contribution in [-0.2, 0) is 28.6 Å². The van der Waals surface area contributed by atoms with Gasteiger partial charge in [-0.2, -0.15) is 0 Å². The number of hydrogen-bond donors (Lipinski definition) is 1. The summed E-state index contributed by atoms with van der Waals surface area (Å²) in [6, 6.07) is -0.610. The van der Waals surface area contributed by atoms with Crippen LogP contribution in [0.2, 0.25) is 0 Å². The first-order chi connectivity index (χ1) is 25.1. The van der Waals surface area contributed by atoms with Crippen LogP contribution in [-0.4, -0.2) is 80.6 Å². The number of ether oxygens (including phenoxy) is 3. The molecular weight excluding hydrogens is 654 g/mol. The number of carbonyl (C=O) groups is 3. The van der Waals surface area contributed by atoms with Crippen molar-refractivity contribution in [2.45, 2.75) is 212 Å². The highest BCUT2D eigenvalue weighted by molar-refractivity contribution is 5.72. The third-order valence-corrected chi connectivity index (χ3v) is 9.91. The van der Waals surface area contributed by atoms with Gasteiger partial charge < -0.3 is 23.8 Å². The number of rotatable bonds is 39. The molecule has 0 fully saturated rings. The third kappa shape index (κ3) is 33.9. The molecular formula is C44H84NO7+. The van der Waals surface area contributed by atoms with Gasteiger partial charge in [0.2, 0.25) is 0 Å². The van der Waals surface area contributed by atoms with Gasteiger partial charge in [0, 0.05) is 19.3 Å². The Kier molecular flexibility index (Phi) is 34.7. The number of quaternary nitrogens is 1. The van der Waals surface area contributed by atoms with E-state index in [1.807, 2.05) is 21.1 Å². The van der Waals surface area contributed by atoms with E-state index in [1.54, 1.807) is 0 Å². The van der Waals surface area contributed by atoms with Crippen LogP contribution >= 0.6 is 0 Å². The number of nitrogens with zero attached hydrogens (tertiary/aromatic N) is 1. The Labute approximate surface area is 320 Å². The number of carboxylic acids is 1. The second-order valence-electron chi connectivity index (χ2n) is 16.0. The summed E-state index contributed by atoms with van der Waals surface area (Å²) in [5.41, 5.74) is 0. The van der Waals surface area contributed by atoms with Crippen molar-refractivity contribution in [3.05, 3.63) is 12.2 Å². The van der Waals surface area contributed by atoms with Gasteiger partial charge in [0.15, 0.2) is 12.1 Å². The van der Waals surface area contributed by atoms with Gasteiger partial charge in [0.25, 0.3) is 0 Å². The lowest BCUT2D eigenvalue weighted by atomic mass is 10.0. The Bertz CT molecular complexity index is 869. The lowest BCUT2D eigenvalue weighted by Crippen LogP contribution is -2.50. The monoisotopic (exact) mass is 739 g/mol. The minimum absolute atomic E-state index is 0.0499. The van der Waals surface area contributed by atoms with Crippen LogP contribution < -0.4 is 0 Å². The first kappa shape index (κ1) is 50.1. The average Bonchev–Trinajstić information content (AvgIpc) is 3.09. The zero-order chi connectivity index (χ0) is 38.5. The Balaban J connectivity index is 4.30. The van der Waals surface area contributed by atoms with Gasteiger partial charge >= 0.3 is 17.9 Å². The quantitative estimate of drug-likeness (QED) is 0.0290. The fourth-order valence-corrected chi connectivity index (χ4v) is 6.48. The average molecular weight is 739 g/mol. The molecule has 2 unspecified atom stereocenters.